The van der Waals surface area contributed by atoms with Crippen molar-refractivity contribution in [3.63, 3.8) is 0 Å². The first kappa shape index (κ1) is 23.4. The van der Waals surface area contributed by atoms with Gasteiger partial charge in [0.15, 0.2) is 0 Å². The van der Waals surface area contributed by atoms with Gasteiger partial charge in [-0.1, -0.05) is 121 Å². The van der Waals surface area contributed by atoms with Crippen molar-refractivity contribution in [2.75, 3.05) is 0 Å². The molecule has 0 bridgehead atoms. The molecule has 4 nitrogen and oxygen atoms in total. The third-order valence-corrected chi connectivity index (χ3v) is 6.84. The van der Waals surface area contributed by atoms with Crippen LogP contribution in [0.3, 0.4) is 0 Å². The molecule has 0 aromatic heterocycles. The Hall–Kier alpha value is -4.98. The van der Waals surface area contributed by atoms with Gasteiger partial charge in [0.2, 0.25) is 0 Å². The van der Waals surface area contributed by atoms with Gasteiger partial charge >= 0.3 is 0 Å². The van der Waals surface area contributed by atoms with E-state index in [-0.39, 0.29) is 12.3 Å². The largest absolute Gasteiger partial charge is 0.350 e. The molecule has 0 aliphatic carbocycles. The summed E-state index contributed by atoms with van der Waals surface area (Å²) in [6, 6.07) is 47.6. The van der Waals surface area contributed by atoms with Crippen LogP contribution in [0.2, 0.25) is 0 Å². The normalized spacial score (nSPS) is 16.7. The summed E-state index contributed by atoms with van der Waals surface area (Å²) in [5.41, 5.74) is 8.48. The van der Waals surface area contributed by atoms with Crippen molar-refractivity contribution in [3.05, 3.63) is 156 Å². The zero-order chi connectivity index (χ0) is 25.7. The smallest absolute Gasteiger partial charge is 0.131 e. The molecule has 38 heavy (non-hydrogen) atoms. The van der Waals surface area contributed by atoms with E-state index in [0.717, 1.165) is 44.8 Å². The van der Waals surface area contributed by atoms with Crippen LogP contribution in [0.25, 0.3) is 22.3 Å². The highest BCUT2D eigenvalue weighted by atomic mass is 15.3. The van der Waals surface area contributed by atoms with Gasteiger partial charge in [-0.2, -0.15) is 5.26 Å². The molecule has 182 valence electrons. The number of hydrogen-bond acceptors (Lipinski definition) is 4. The molecule has 2 unspecified atom stereocenters. The molecular weight excluding hydrogens is 464 g/mol. The lowest BCUT2D eigenvalue weighted by Gasteiger charge is -2.33. The average Bonchev–Trinajstić information content (AvgIpc) is 3.02. The second-order valence-electron chi connectivity index (χ2n) is 9.25. The van der Waals surface area contributed by atoms with E-state index in [1.165, 1.54) is 0 Å². The van der Waals surface area contributed by atoms with E-state index < -0.39 is 0 Å². The Bertz CT molecular complexity index is 1600. The Morgan fingerprint density at radius 3 is 1.84 bits per heavy atom. The zero-order valence-electron chi connectivity index (χ0n) is 20.8. The standard InChI is InChI=1S/C34H26N4/c35-23-24-15-17-25(18-16-24)26-19-21-27(22-20-26)30-13-7-8-14-31(30)34-37-32(28-9-3-1-4-10-28)36-33(38-34)29-11-5-2-6-12-29/h1-22,32,34,37H,(H,36,38). The molecule has 0 saturated carbocycles. The van der Waals surface area contributed by atoms with E-state index in [1.807, 2.05) is 48.5 Å². The first-order valence-electron chi connectivity index (χ1n) is 12.7. The Balaban J connectivity index is 1.37. The highest BCUT2D eigenvalue weighted by Gasteiger charge is 2.26. The predicted octanol–water partition coefficient (Wildman–Crippen LogP) is 7.23. The van der Waals surface area contributed by atoms with Gasteiger partial charge in [0.05, 0.1) is 11.6 Å². The van der Waals surface area contributed by atoms with E-state index in [0.29, 0.717) is 5.56 Å². The first-order chi connectivity index (χ1) is 18.8. The summed E-state index contributed by atoms with van der Waals surface area (Å²) in [6.45, 7) is 0. The van der Waals surface area contributed by atoms with Crippen LogP contribution in [0.4, 0.5) is 0 Å². The van der Waals surface area contributed by atoms with Gasteiger partial charge in [0.1, 0.15) is 18.2 Å². The molecule has 1 aliphatic heterocycles. The van der Waals surface area contributed by atoms with Crippen molar-refractivity contribution in [2.45, 2.75) is 12.3 Å². The third kappa shape index (κ3) is 4.84. The van der Waals surface area contributed by atoms with E-state index in [2.05, 4.69) is 102 Å². The molecule has 0 fully saturated rings. The molecule has 5 aromatic carbocycles. The molecule has 0 amide bonds. The molecule has 0 spiro atoms. The van der Waals surface area contributed by atoms with Crippen LogP contribution in [0.1, 0.15) is 34.6 Å². The highest BCUT2D eigenvalue weighted by molar-refractivity contribution is 5.99. The Kier molecular flexibility index (Phi) is 6.51. The topological polar surface area (TPSA) is 60.2 Å². The SMILES string of the molecule is N#Cc1ccc(-c2ccc(-c3ccccc3C3N=C(c4ccccc4)NC(c4ccccc4)N3)cc2)cc1. The number of nitriles is 1. The van der Waals surface area contributed by atoms with Crippen molar-refractivity contribution < 1.29 is 0 Å². The lowest BCUT2D eigenvalue weighted by Crippen LogP contribution is -2.45. The second-order valence-corrected chi connectivity index (χ2v) is 9.25. The van der Waals surface area contributed by atoms with Gasteiger partial charge in [-0.3, -0.25) is 5.32 Å². The van der Waals surface area contributed by atoms with Crippen LogP contribution < -0.4 is 10.6 Å². The summed E-state index contributed by atoms with van der Waals surface area (Å²) < 4.78 is 0. The maximum atomic E-state index is 9.09. The third-order valence-electron chi connectivity index (χ3n) is 6.84. The fraction of sp³-hybridized carbons (Fsp3) is 0.0588. The Labute approximate surface area is 223 Å². The fourth-order valence-electron chi connectivity index (χ4n) is 4.86. The molecule has 0 saturated heterocycles. The lowest BCUT2D eigenvalue weighted by molar-refractivity contribution is 0.409. The number of hydrogen-bond donors (Lipinski definition) is 2. The molecule has 0 radical (unpaired) electrons. The summed E-state index contributed by atoms with van der Waals surface area (Å²) in [7, 11) is 0. The van der Waals surface area contributed by atoms with Crippen LogP contribution in [0.15, 0.2) is 138 Å². The summed E-state index contributed by atoms with van der Waals surface area (Å²) in [5, 5.41) is 16.4. The summed E-state index contributed by atoms with van der Waals surface area (Å²) in [4.78, 5) is 5.13. The van der Waals surface area contributed by atoms with Crippen molar-refractivity contribution in [1.82, 2.24) is 10.6 Å². The molecular formula is C34H26N4. The number of nitrogens with zero attached hydrogens (tertiary/aromatic N) is 2. The number of aliphatic imine (C=N–C) groups is 1. The minimum Gasteiger partial charge on any atom is -0.350 e. The average molecular weight is 491 g/mol. The minimum atomic E-state index is -0.230. The molecule has 4 heteroatoms. The summed E-state index contributed by atoms with van der Waals surface area (Å²) in [6.07, 6.45) is -0.313. The van der Waals surface area contributed by atoms with Gasteiger partial charge in [-0.15, -0.1) is 0 Å². The van der Waals surface area contributed by atoms with Crippen molar-refractivity contribution in [1.29, 1.82) is 5.26 Å². The number of benzene rings is 5. The van der Waals surface area contributed by atoms with Gasteiger partial charge in [-0.25, -0.2) is 4.99 Å². The molecule has 5 aromatic rings. The van der Waals surface area contributed by atoms with Crippen LogP contribution in [0.5, 0.6) is 0 Å². The second kappa shape index (κ2) is 10.6. The van der Waals surface area contributed by atoms with Crippen LogP contribution in [-0.2, 0) is 0 Å². The molecule has 2 atom stereocenters. The fourth-order valence-corrected chi connectivity index (χ4v) is 4.86. The van der Waals surface area contributed by atoms with Crippen molar-refractivity contribution in [2.24, 2.45) is 4.99 Å². The molecule has 1 aliphatic rings. The number of rotatable bonds is 5. The zero-order valence-corrected chi connectivity index (χ0v) is 20.8. The lowest BCUT2D eigenvalue weighted by atomic mass is 9.95. The summed E-state index contributed by atoms with van der Waals surface area (Å²) in [5.74, 6) is 0.870. The van der Waals surface area contributed by atoms with Gasteiger partial charge in [0.25, 0.3) is 0 Å². The van der Waals surface area contributed by atoms with Crippen molar-refractivity contribution in [3.8, 4) is 28.3 Å². The van der Waals surface area contributed by atoms with E-state index in [9.17, 15) is 0 Å². The Morgan fingerprint density at radius 2 is 1.16 bits per heavy atom. The molecule has 1 heterocycles. The maximum absolute atomic E-state index is 9.09. The Morgan fingerprint density at radius 1 is 0.579 bits per heavy atom. The monoisotopic (exact) mass is 490 g/mol. The number of nitrogens with one attached hydrogen (secondary N) is 2. The van der Waals surface area contributed by atoms with Gasteiger partial charge in [0, 0.05) is 5.56 Å². The molecule has 2 N–H and O–H groups in total. The van der Waals surface area contributed by atoms with Crippen LogP contribution in [-0.4, -0.2) is 5.84 Å². The van der Waals surface area contributed by atoms with E-state index in [4.69, 9.17) is 10.3 Å². The molecule has 6 rings (SSSR count). The minimum absolute atomic E-state index is 0.0827. The van der Waals surface area contributed by atoms with Crippen LogP contribution >= 0.6 is 0 Å². The van der Waals surface area contributed by atoms with E-state index >= 15 is 0 Å². The van der Waals surface area contributed by atoms with Crippen LogP contribution in [0, 0.1) is 11.3 Å². The first-order valence-corrected chi connectivity index (χ1v) is 12.7. The predicted molar refractivity (Wildman–Crippen MR) is 153 cm³/mol. The number of amidine groups is 1. The van der Waals surface area contributed by atoms with Gasteiger partial charge < -0.3 is 5.32 Å². The van der Waals surface area contributed by atoms with E-state index in [1.54, 1.807) is 0 Å². The summed E-state index contributed by atoms with van der Waals surface area (Å²) >= 11 is 0. The quantitative estimate of drug-likeness (QED) is 0.273. The van der Waals surface area contributed by atoms with Gasteiger partial charge in [-0.05, 0) is 45.5 Å². The van der Waals surface area contributed by atoms with Crippen molar-refractivity contribution >= 4 is 5.84 Å². The maximum Gasteiger partial charge on any atom is 0.131 e. The highest BCUT2D eigenvalue weighted by Crippen LogP contribution is 2.33.